The van der Waals surface area contributed by atoms with Gasteiger partial charge in [0, 0.05) is 20.3 Å². The molecule has 0 bridgehead atoms. The number of hydrogen-bond acceptors (Lipinski definition) is 0. The Morgan fingerprint density at radius 1 is 0.650 bits per heavy atom. The van der Waals surface area contributed by atoms with Crippen molar-refractivity contribution in [2.45, 2.75) is 48.2 Å². The van der Waals surface area contributed by atoms with Gasteiger partial charge in [-0.15, -0.1) is 0 Å². The second-order valence-corrected chi connectivity index (χ2v) is 8.77. The lowest BCUT2D eigenvalue weighted by Gasteiger charge is -2.13. The second-order valence-electron chi connectivity index (χ2n) is 4.97. The summed E-state index contributed by atoms with van der Waals surface area (Å²) in [6.07, 6.45) is 7.42. The summed E-state index contributed by atoms with van der Waals surface area (Å²) in [6.45, 7) is 0. The van der Waals surface area contributed by atoms with Crippen LogP contribution in [0.5, 0.6) is 0 Å². The molecule has 0 amide bonds. The summed E-state index contributed by atoms with van der Waals surface area (Å²) in [5, 5.41) is 2.21. The van der Waals surface area contributed by atoms with Gasteiger partial charge in [0.25, 0.3) is 0 Å². The maximum absolute atomic E-state index is 3.80. The number of rotatable bonds is 10. The Hall–Kier alpha value is 1.14. The third-order valence-corrected chi connectivity index (χ3v) is 6.44. The predicted molar refractivity (Wildman–Crippen MR) is 105 cm³/mol. The van der Waals surface area contributed by atoms with Crippen LogP contribution in [0.3, 0.4) is 0 Å². The van der Waals surface area contributed by atoms with Crippen molar-refractivity contribution in [3.63, 3.8) is 0 Å². The maximum Gasteiger partial charge on any atom is 0.0395 e. The Kier molecular flexibility index (Phi) is 11.2. The van der Waals surface area contributed by atoms with Crippen LogP contribution in [0.25, 0.3) is 0 Å². The van der Waals surface area contributed by atoms with Crippen LogP contribution in [0.1, 0.15) is 59.3 Å². The number of halogens is 4. The summed E-state index contributed by atoms with van der Waals surface area (Å²) in [6, 6.07) is 9.06. The first-order valence-corrected chi connectivity index (χ1v) is 11.3. The van der Waals surface area contributed by atoms with E-state index in [1.54, 1.807) is 0 Å². The van der Waals surface area contributed by atoms with Crippen LogP contribution in [0.2, 0.25) is 0 Å². The van der Waals surface area contributed by atoms with Crippen molar-refractivity contribution in [3.8, 4) is 0 Å². The predicted octanol–water partition coefficient (Wildman–Crippen LogP) is 7.69. The smallest absolute Gasteiger partial charge is 0.0395 e. The Balaban J connectivity index is 2.46. The number of unbranched alkanes of at least 4 members (excludes halogenated alkanes) is 2. The molecule has 0 aliphatic carbocycles. The van der Waals surface area contributed by atoms with Gasteiger partial charge in [-0.3, -0.25) is 0 Å². The lowest BCUT2D eigenvalue weighted by Crippen LogP contribution is -1.94. The van der Waals surface area contributed by atoms with Crippen molar-refractivity contribution in [1.29, 1.82) is 0 Å². The first-order chi connectivity index (χ1) is 9.69. The van der Waals surface area contributed by atoms with E-state index in [0.29, 0.717) is 9.65 Å². The summed E-state index contributed by atoms with van der Waals surface area (Å²) < 4.78 is 0. The molecule has 0 aliphatic heterocycles. The maximum atomic E-state index is 3.80. The van der Waals surface area contributed by atoms with Gasteiger partial charge in [-0.1, -0.05) is 101 Å². The molecular weight excluding hydrogens is 512 g/mol. The normalized spacial score (nSPS) is 14.2. The fraction of sp³-hybridized carbons (Fsp3) is 0.625. The molecule has 0 radical (unpaired) electrons. The van der Waals surface area contributed by atoms with E-state index in [1.165, 1.54) is 49.7 Å². The Labute approximate surface area is 157 Å². The molecule has 0 spiro atoms. The standard InChI is InChI=1S/C16H22Br4/c17-11-3-1-5-15(19)13-7-9-14(10-8-13)16(20)6-2-4-12-18/h7-10,15-16H,1-6,11-12H2. The molecule has 2 atom stereocenters. The molecule has 0 heterocycles. The number of hydrogen-bond donors (Lipinski definition) is 0. The van der Waals surface area contributed by atoms with Crippen LogP contribution in [-0.4, -0.2) is 10.7 Å². The van der Waals surface area contributed by atoms with E-state index >= 15 is 0 Å². The van der Waals surface area contributed by atoms with Crippen molar-refractivity contribution in [3.05, 3.63) is 35.4 Å². The molecule has 0 saturated heterocycles. The second kappa shape index (κ2) is 11.7. The highest BCUT2D eigenvalue weighted by Crippen LogP contribution is 2.32. The van der Waals surface area contributed by atoms with Crippen LogP contribution in [0, 0.1) is 0 Å². The first kappa shape index (κ1) is 19.2. The third-order valence-electron chi connectivity index (χ3n) is 3.34. The quantitative estimate of drug-likeness (QED) is 0.214. The van der Waals surface area contributed by atoms with E-state index < -0.39 is 0 Å². The van der Waals surface area contributed by atoms with E-state index in [9.17, 15) is 0 Å². The summed E-state index contributed by atoms with van der Waals surface area (Å²) >= 11 is 14.6. The zero-order chi connectivity index (χ0) is 14.8. The molecule has 1 rings (SSSR count). The van der Waals surface area contributed by atoms with E-state index in [0.717, 1.165) is 10.7 Å². The molecule has 1 aromatic rings. The highest BCUT2D eigenvalue weighted by atomic mass is 79.9. The molecule has 1 aromatic carbocycles. The van der Waals surface area contributed by atoms with Gasteiger partial charge in [-0.2, -0.15) is 0 Å². The molecule has 4 heteroatoms. The van der Waals surface area contributed by atoms with Gasteiger partial charge in [0.15, 0.2) is 0 Å². The van der Waals surface area contributed by atoms with Gasteiger partial charge in [-0.05, 0) is 36.8 Å². The topological polar surface area (TPSA) is 0 Å². The average molecular weight is 534 g/mol. The van der Waals surface area contributed by atoms with E-state index in [2.05, 4.69) is 88.0 Å². The third kappa shape index (κ3) is 7.42. The van der Waals surface area contributed by atoms with Crippen LogP contribution in [0.4, 0.5) is 0 Å². The summed E-state index contributed by atoms with van der Waals surface area (Å²) in [4.78, 5) is 0.968. The fourth-order valence-electron chi connectivity index (χ4n) is 2.08. The van der Waals surface area contributed by atoms with Crippen molar-refractivity contribution in [2.75, 3.05) is 10.7 Å². The number of alkyl halides is 4. The molecule has 2 unspecified atom stereocenters. The molecule has 0 aromatic heterocycles. The van der Waals surface area contributed by atoms with Crippen molar-refractivity contribution >= 4 is 63.7 Å². The highest BCUT2D eigenvalue weighted by molar-refractivity contribution is 9.09. The van der Waals surface area contributed by atoms with Gasteiger partial charge in [-0.25, -0.2) is 0 Å². The number of benzene rings is 1. The lowest BCUT2D eigenvalue weighted by molar-refractivity contribution is 0.714. The van der Waals surface area contributed by atoms with Crippen LogP contribution in [0.15, 0.2) is 24.3 Å². The van der Waals surface area contributed by atoms with Crippen molar-refractivity contribution in [1.82, 2.24) is 0 Å². The molecule has 0 fully saturated rings. The largest absolute Gasteiger partial charge is 0.0928 e. The van der Waals surface area contributed by atoms with Gasteiger partial charge >= 0.3 is 0 Å². The fourth-order valence-corrected chi connectivity index (χ4v) is 4.13. The van der Waals surface area contributed by atoms with Gasteiger partial charge < -0.3 is 0 Å². The molecule has 20 heavy (non-hydrogen) atoms. The zero-order valence-corrected chi connectivity index (χ0v) is 18.0. The SMILES string of the molecule is BrCCCCC(Br)c1ccc(C(Br)CCCCBr)cc1. The molecule has 0 N–H and O–H groups in total. The minimum absolute atomic E-state index is 0.484. The van der Waals surface area contributed by atoms with Gasteiger partial charge in [0.1, 0.15) is 0 Å². The van der Waals surface area contributed by atoms with Crippen LogP contribution in [-0.2, 0) is 0 Å². The van der Waals surface area contributed by atoms with E-state index in [-0.39, 0.29) is 0 Å². The minimum atomic E-state index is 0.484. The molecule has 0 aliphatic rings. The van der Waals surface area contributed by atoms with E-state index in [4.69, 9.17) is 0 Å². The monoisotopic (exact) mass is 530 g/mol. The Bertz CT molecular complexity index is 315. The van der Waals surface area contributed by atoms with Crippen molar-refractivity contribution < 1.29 is 0 Å². The Morgan fingerprint density at radius 2 is 1.00 bits per heavy atom. The lowest BCUT2D eigenvalue weighted by atomic mass is 10.0. The summed E-state index contributed by atoms with van der Waals surface area (Å²) in [7, 11) is 0. The summed E-state index contributed by atoms with van der Waals surface area (Å²) in [5.41, 5.74) is 2.78. The average Bonchev–Trinajstić information content (AvgIpc) is 2.47. The molecule has 0 saturated carbocycles. The van der Waals surface area contributed by atoms with Gasteiger partial charge in [0.05, 0.1) is 0 Å². The van der Waals surface area contributed by atoms with Gasteiger partial charge in [0.2, 0.25) is 0 Å². The van der Waals surface area contributed by atoms with E-state index in [1.807, 2.05) is 0 Å². The highest BCUT2D eigenvalue weighted by Gasteiger charge is 2.10. The zero-order valence-electron chi connectivity index (χ0n) is 11.6. The summed E-state index contributed by atoms with van der Waals surface area (Å²) in [5.74, 6) is 0. The molecular formula is C16H22Br4. The molecule has 0 nitrogen and oxygen atoms in total. The van der Waals surface area contributed by atoms with Crippen molar-refractivity contribution in [2.24, 2.45) is 0 Å². The van der Waals surface area contributed by atoms with Crippen LogP contribution >= 0.6 is 63.7 Å². The minimum Gasteiger partial charge on any atom is -0.0928 e. The van der Waals surface area contributed by atoms with Crippen LogP contribution < -0.4 is 0 Å². The molecule has 114 valence electrons. The Morgan fingerprint density at radius 3 is 1.30 bits per heavy atom. The first-order valence-electron chi connectivity index (χ1n) is 7.19.